The molecule has 0 atom stereocenters. The number of carbonyl (C=O) groups excluding carboxylic acids is 1. The molecule has 0 spiro atoms. The number of aromatic amines is 1. The third-order valence-corrected chi connectivity index (χ3v) is 3.63. The fourth-order valence-electron chi connectivity index (χ4n) is 2.05. The summed E-state index contributed by atoms with van der Waals surface area (Å²) >= 11 is 5.91. The van der Waals surface area contributed by atoms with Gasteiger partial charge in [-0.05, 0) is 25.0 Å². The fraction of sp³-hybridized carbons (Fsp3) is 0.333. The van der Waals surface area contributed by atoms with E-state index in [9.17, 15) is 9.59 Å². The number of benzene rings is 1. The van der Waals surface area contributed by atoms with Crippen LogP contribution in [0.25, 0.3) is 11.4 Å². The van der Waals surface area contributed by atoms with E-state index in [1.54, 1.807) is 24.3 Å². The van der Waals surface area contributed by atoms with Crippen LogP contribution in [0.3, 0.4) is 0 Å². The molecule has 0 unspecified atom stereocenters. The van der Waals surface area contributed by atoms with Crippen molar-refractivity contribution in [3.05, 3.63) is 45.3 Å². The molecule has 6 nitrogen and oxygen atoms in total. The van der Waals surface area contributed by atoms with Crippen LogP contribution in [0, 0.1) is 0 Å². The Morgan fingerprint density at radius 1 is 1.36 bits per heavy atom. The summed E-state index contributed by atoms with van der Waals surface area (Å²) in [4.78, 5) is 26.3. The first-order chi connectivity index (χ1) is 10.6. The van der Waals surface area contributed by atoms with Crippen LogP contribution in [0.2, 0.25) is 5.02 Å². The predicted molar refractivity (Wildman–Crippen MR) is 82.6 cm³/mol. The van der Waals surface area contributed by atoms with E-state index in [4.69, 9.17) is 11.6 Å². The maximum atomic E-state index is 12.0. The van der Waals surface area contributed by atoms with Crippen molar-refractivity contribution in [3.63, 3.8) is 0 Å². The summed E-state index contributed by atoms with van der Waals surface area (Å²) < 4.78 is 0. The second-order valence-electron chi connectivity index (χ2n) is 5.30. The van der Waals surface area contributed by atoms with Crippen molar-refractivity contribution in [3.8, 4) is 11.4 Å². The minimum Gasteiger partial charge on any atom is -0.353 e. The summed E-state index contributed by atoms with van der Waals surface area (Å²) in [7, 11) is 0. The summed E-state index contributed by atoms with van der Waals surface area (Å²) in [6.45, 7) is 0. The first kappa shape index (κ1) is 14.7. The average molecular weight is 319 g/mol. The van der Waals surface area contributed by atoms with Gasteiger partial charge >= 0.3 is 0 Å². The zero-order valence-electron chi connectivity index (χ0n) is 11.8. The molecule has 1 saturated carbocycles. The third kappa shape index (κ3) is 3.71. The molecule has 0 bridgehead atoms. The fourth-order valence-corrected chi connectivity index (χ4v) is 2.24. The highest BCUT2D eigenvalue weighted by atomic mass is 35.5. The average Bonchev–Trinajstić information content (AvgIpc) is 3.30. The van der Waals surface area contributed by atoms with E-state index in [1.807, 2.05) is 0 Å². The lowest BCUT2D eigenvalue weighted by Gasteiger charge is -2.04. The number of aryl methyl sites for hydroxylation is 1. The molecule has 0 saturated heterocycles. The molecule has 1 amide bonds. The molecular formula is C15H15ClN4O2. The maximum absolute atomic E-state index is 12.0. The molecule has 3 rings (SSSR count). The quantitative estimate of drug-likeness (QED) is 0.878. The summed E-state index contributed by atoms with van der Waals surface area (Å²) in [5.74, 6) is 0.307. The number of aromatic nitrogens is 3. The summed E-state index contributed by atoms with van der Waals surface area (Å²) in [5, 5.41) is 11.4. The lowest BCUT2D eigenvalue weighted by Crippen LogP contribution is -2.27. The molecule has 2 N–H and O–H groups in total. The second kappa shape index (κ2) is 6.27. The standard InChI is InChI=1S/C15H15ClN4O2/c16-10-3-1-2-9(8-10)14-18-15(22)12(19-20-14)6-7-13(21)17-11-4-5-11/h1-3,8,11H,4-7H2,(H,17,21)(H,18,20,22). The first-order valence-corrected chi connectivity index (χ1v) is 7.51. The third-order valence-electron chi connectivity index (χ3n) is 3.39. The Kier molecular flexibility index (Phi) is 4.20. The van der Waals surface area contributed by atoms with E-state index in [0.29, 0.717) is 22.5 Å². The Balaban J connectivity index is 1.69. The van der Waals surface area contributed by atoms with Gasteiger partial charge in [-0.15, -0.1) is 10.2 Å². The highest BCUT2D eigenvalue weighted by Crippen LogP contribution is 2.19. The minimum atomic E-state index is -0.329. The van der Waals surface area contributed by atoms with Gasteiger partial charge in [-0.3, -0.25) is 9.59 Å². The van der Waals surface area contributed by atoms with Crippen molar-refractivity contribution in [2.75, 3.05) is 0 Å². The monoisotopic (exact) mass is 318 g/mol. The number of halogens is 1. The normalized spacial score (nSPS) is 13.9. The van der Waals surface area contributed by atoms with Crippen LogP contribution >= 0.6 is 11.6 Å². The molecule has 0 aliphatic heterocycles. The van der Waals surface area contributed by atoms with E-state index in [1.165, 1.54) is 0 Å². The molecule has 1 aromatic heterocycles. The first-order valence-electron chi connectivity index (χ1n) is 7.13. The molecule has 0 radical (unpaired) electrons. The predicted octanol–water partition coefficient (Wildman–Crippen LogP) is 1.70. The molecule has 7 heteroatoms. The van der Waals surface area contributed by atoms with E-state index in [0.717, 1.165) is 12.8 Å². The van der Waals surface area contributed by atoms with Crippen LogP contribution < -0.4 is 10.9 Å². The van der Waals surface area contributed by atoms with Crippen molar-refractivity contribution in [2.24, 2.45) is 0 Å². The number of hydrogen-bond acceptors (Lipinski definition) is 4. The van der Waals surface area contributed by atoms with Crippen LogP contribution in [0.1, 0.15) is 25.0 Å². The van der Waals surface area contributed by atoms with Gasteiger partial charge in [-0.1, -0.05) is 23.7 Å². The van der Waals surface area contributed by atoms with E-state index < -0.39 is 0 Å². The highest BCUT2D eigenvalue weighted by Gasteiger charge is 2.23. The highest BCUT2D eigenvalue weighted by molar-refractivity contribution is 6.30. The van der Waals surface area contributed by atoms with Crippen molar-refractivity contribution < 1.29 is 4.79 Å². The second-order valence-corrected chi connectivity index (χ2v) is 5.74. The van der Waals surface area contributed by atoms with Gasteiger partial charge in [0.1, 0.15) is 5.69 Å². The van der Waals surface area contributed by atoms with Crippen molar-refractivity contribution in [1.29, 1.82) is 0 Å². The maximum Gasteiger partial charge on any atom is 0.273 e. The van der Waals surface area contributed by atoms with E-state index in [2.05, 4.69) is 20.5 Å². The number of carbonyl (C=O) groups is 1. The Bertz CT molecular complexity index is 755. The lowest BCUT2D eigenvalue weighted by atomic mass is 10.2. The van der Waals surface area contributed by atoms with E-state index in [-0.39, 0.29) is 30.0 Å². The van der Waals surface area contributed by atoms with Gasteiger partial charge in [0.05, 0.1) is 0 Å². The summed E-state index contributed by atoms with van der Waals surface area (Å²) in [6, 6.07) is 7.32. The number of rotatable bonds is 5. The van der Waals surface area contributed by atoms with Gasteiger partial charge in [0, 0.05) is 29.5 Å². The zero-order chi connectivity index (χ0) is 15.5. The van der Waals surface area contributed by atoms with Crippen LogP contribution in [-0.2, 0) is 11.2 Å². The Morgan fingerprint density at radius 2 is 2.18 bits per heavy atom. The number of amides is 1. The van der Waals surface area contributed by atoms with Gasteiger partial charge in [0.25, 0.3) is 5.56 Å². The van der Waals surface area contributed by atoms with Crippen LogP contribution in [0.4, 0.5) is 0 Å². The van der Waals surface area contributed by atoms with Crippen molar-refractivity contribution in [2.45, 2.75) is 31.7 Å². The smallest absolute Gasteiger partial charge is 0.273 e. The minimum absolute atomic E-state index is 0.0531. The van der Waals surface area contributed by atoms with Crippen LogP contribution in [0.15, 0.2) is 29.1 Å². The molecule has 114 valence electrons. The summed E-state index contributed by atoms with van der Waals surface area (Å²) in [6.07, 6.45) is 2.60. The molecule has 1 aliphatic rings. The molecular weight excluding hydrogens is 304 g/mol. The number of nitrogens with zero attached hydrogens (tertiary/aromatic N) is 2. The molecule has 1 heterocycles. The number of nitrogens with one attached hydrogen (secondary N) is 2. The van der Waals surface area contributed by atoms with Gasteiger partial charge in [0.15, 0.2) is 5.82 Å². The van der Waals surface area contributed by atoms with Crippen molar-refractivity contribution >= 4 is 17.5 Å². The molecule has 2 aromatic rings. The number of hydrogen-bond donors (Lipinski definition) is 2. The van der Waals surface area contributed by atoms with Gasteiger partial charge in [-0.25, -0.2) is 0 Å². The Labute approximate surface area is 131 Å². The SMILES string of the molecule is O=C(CCc1nnc(-c2cccc(Cl)c2)[nH]c1=O)NC1CC1. The Morgan fingerprint density at radius 3 is 2.86 bits per heavy atom. The van der Waals surface area contributed by atoms with Gasteiger partial charge in [0.2, 0.25) is 5.91 Å². The van der Waals surface area contributed by atoms with Gasteiger partial charge < -0.3 is 10.3 Å². The Hall–Kier alpha value is -2.21. The van der Waals surface area contributed by atoms with Crippen LogP contribution in [-0.4, -0.2) is 27.1 Å². The topological polar surface area (TPSA) is 87.7 Å². The molecule has 1 aromatic carbocycles. The van der Waals surface area contributed by atoms with Crippen LogP contribution in [0.5, 0.6) is 0 Å². The lowest BCUT2D eigenvalue weighted by molar-refractivity contribution is -0.121. The largest absolute Gasteiger partial charge is 0.353 e. The van der Waals surface area contributed by atoms with Gasteiger partial charge in [-0.2, -0.15) is 0 Å². The van der Waals surface area contributed by atoms with E-state index >= 15 is 0 Å². The van der Waals surface area contributed by atoms with Crippen molar-refractivity contribution in [1.82, 2.24) is 20.5 Å². The summed E-state index contributed by atoms with van der Waals surface area (Å²) in [5.41, 5.74) is 0.621. The molecule has 1 aliphatic carbocycles. The molecule has 22 heavy (non-hydrogen) atoms. The zero-order valence-corrected chi connectivity index (χ0v) is 12.6. The molecule has 1 fully saturated rings. The number of H-pyrrole nitrogens is 1.